The molecule has 0 saturated carbocycles. The van der Waals surface area contributed by atoms with Gasteiger partial charge in [0.25, 0.3) is 0 Å². The van der Waals surface area contributed by atoms with Crippen LogP contribution in [0, 0.1) is 12.8 Å². The van der Waals surface area contributed by atoms with Crippen LogP contribution in [0.4, 0.5) is 0 Å². The Morgan fingerprint density at radius 3 is 3.04 bits per heavy atom. The molecule has 1 aromatic heterocycles. The standard InChI is InChI=1S/C19H27N3O2/c1-15-11-17-5-3-4-6-18(17)22(15)14-19(23)20-12-16-7-8-21(13-16)9-10-24-2/h3-6,11,16H,7-10,12-14H2,1-2H3,(H,20,23). The van der Waals surface area contributed by atoms with E-state index in [1.807, 2.05) is 12.1 Å². The number of rotatable bonds is 7. The first kappa shape index (κ1) is 17.0. The van der Waals surface area contributed by atoms with Crippen molar-refractivity contribution in [2.45, 2.75) is 19.9 Å². The summed E-state index contributed by atoms with van der Waals surface area (Å²) in [4.78, 5) is 14.8. The lowest BCUT2D eigenvalue weighted by molar-refractivity contribution is -0.121. The van der Waals surface area contributed by atoms with Gasteiger partial charge in [-0.25, -0.2) is 0 Å². The number of hydrogen-bond acceptors (Lipinski definition) is 3. The molecule has 130 valence electrons. The maximum atomic E-state index is 12.4. The van der Waals surface area contributed by atoms with Gasteiger partial charge in [0.15, 0.2) is 0 Å². The first-order valence-electron chi connectivity index (χ1n) is 8.70. The molecule has 1 atom stereocenters. The summed E-state index contributed by atoms with van der Waals surface area (Å²) < 4.78 is 7.22. The summed E-state index contributed by atoms with van der Waals surface area (Å²) in [7, 11) is 1.74. The molecule has 1 unspecified atom stereocenters. The zero-order chi connectivity index (χ0) is 16.9. The molecule has 2 aromatic rings. The van der Waals surface area contributed by atoms with Gasteiger partial charge in [-0.05, 0) is 43.3 Å². The average molecular weight is 329 g/mol. The van der Waals surface area contributed by atoms with Gasteiger partial charge in [0, 0.05) is 38.0 Å². The molecule has 0 spiro atoms. The lowest BCUT2D eigenvalue weighted by atomic mass is 10.1. The summed E-state index contributed by atoms with van der Waals surface area (Å²) in [6, 6.07) is 10.3. The first-order valence-corrected chi connectivity index (χ1v) is 8.70. The van der Waals surface area contributed by atoms with Crippen LogP contribution in [0.25, 0.3) is 10.9 Å². The maximum absolute atomic E-state index is 12.4. The zero-order valence-corrected chi connectivity index (χ0v) is 14.6. The molecule has 1 amide bonds. The highest BCUT2D eigenvalue weighted by molar-refractivity contribution is 5.84. The van der Waals surface area contributed by atoms with E-state index in [4.69, 9.17) is 4.74 Å². The molecular formula is C19H27N3O2. The third-order valence-corrected chi connectivity index (χ3v) is 4.89. The van der Waals surface area contributed by atoms with E-state index in [9.17, 15) is 4.79 Å². The van der Waals surface area contributed by atoms with Crippen LogP contribution in [0.1, 0.15) is 12.1 Å². The van der Waals surface area contributed by atoms with E-state index in [0.29, 0.717) is 12.5 Å². The van der Waals surface area contributed by atoms with E-state index < -0.39 is 0 Å². The molecule has 1 aliphatic rings. The van der Waals surface area contributed by atoms with Gasteiger partial charge in [-0.3, -0.25) is 4.79 Å². The number of nitrogens with zero attached hydrogens (tertiary/aromatic N) is 2. The van der Waals surface area contributed by atoms with Gasteiger partial charge in [-0.15, -0.1) is 0 Å². The lowest BCUT2D eigenvalue weighted by Crippen LogP contribution is -2.33. The fourth-order valence-corrected chi connectivity index (χ4v) is 3.52. The van der Waals surface area contributed by atoms with Crippen molar-refractivity contribution in [1.82, 2.24) is 14.8 Å². The van der Waals surface area contributed by atoms with Gasteiger partial charge in [0.2, 0.25) is 5.91 Å². The SMILES string of the molecule is COCCN1CCC(CNC(=O)Cn2c(C)cc3ccccc32)C1. The third-order valence-electron chi connectivity index (χ3n) is 4.89. The van der Waals surface area contributed by atoms with Crippen molar-refractivity contribution < 1.29 is 9.53 Å². The highest BCUT2D eigenvalue weighted by atomic mass is 16.5. The quantitative estimate of drug-likeness (QED) is 0.845. The molecule has 0 bridgehead atoms. The van der Waals surface area contributed by atoms with Gasteiger partial charge < -0.3 is 19.5 Å². The largest absolute Gasteiger partial charge is 0.383 e. The van der Waals surface area contributed by atoms with Crippen molar-refractivity contribution in [3.05, 3.63) is 36.0 Å². The summed E-state index contributed by atoms with van der Waals surface area (Å²) in [6.07, 6.45) is 1.15. The monoisotopic (exact) mass is 329 g/mol. The van der Waals surface area contributed by atoms with E-state index in [2.05, 4.69) is 39.9 Å². The van der Waals surface area contributed by atoms with Crippen LogP contribution in [-0.2, 0) is 16.1 Å². The smallest absolute Gasteiger partial charge is 0.239 e. The number of nitrogens with one attached hydrogen (secondary N) is 1. The Morgan fingerprint density at radius 1 is 1.38 bits per heavy atom. The lowest BCUT2D eigenvalue weighted by Gasteiger charge is -2.16. The zero-order valence-electron chi connectivity index (χ0n) is 14.6. The molecule has 24 heavy (non-hydrogen) atoms. The molecule has 1 aliphatic heterocycles. The van der Waals surface area contributed by atoms with Crippen LogP contribution in [0.2, 0.25) is 0 Å². The van der Waals surface area contributed by atoms with Crippen LogP contribution in [0.5, 0.6) is 0 Å². The number of fused-ring (bicyclic) bond motifs is 1. The number of methoxy groups -OCH3 is 1. The van der Waals surface area contributed by atoms with Gasteiger partial charge in [0.1, 0.15) is 6.54 Å². The number of carbonyl (C=O) groups excluding carboxylic acids is 1. The van der Waals surface area contributed by atoms with Gasteiger partial charge in [-0.1, -0.05) is 18.2 Å². The number of carbonyl (C=O) groups is 1. The predicted molar refractivity (Wildman–Crippen MR) is 96.1 cm³/mol. The van der Waals surface area contributed by atoms with E-state index in [-0.39, 0.29) is 5.91 Å². The minimum Gasteiger partial charge on any atom is -0.383 e. The molecular weight excluding hydrogens is 302 g/mol. The number of amides is 1. The Balaban J connectivity index is 1.50. The molecule has 5 heteroatoms. The van der Waals surface area contributed by atoms with Crippen LogP contribution in [0.3, 0.4) is 0 Å². The van der Waals surface area contributed by atoms with Crippen molar-refractivity contribution in [3.63, 3.8) is 0 Å². The van der Waals surface area contributed by atoms with E-state index in [1.54, 1.807) is 7.11 Å². The van der Waals surface area contributed by atoms with Crippen molar-refractivity contribution >= 4 is 16.8 Å². The maximum Gasteiger partial charge on any atom is 0.239 e. The Bertz CT molecular complexity index is 695. The second-order valence-electron chi connectivity index (χ2n) is 6.68. The minimum absolute atomic E-state index is 0.0924. The summed E-state index contributed by atoms with van der Waals surface area (Å²) in [5.74, 6) is 0.642. The van der Waals surface area contributed by atoms with Crippen molar-refractivity contribution in [3.8, 4) is 0 Å². The van der Waals surface area contributed by atoms with Crippen molar-refractivity contribution in [2.24, 2.45) is 5.92 Å². The Morgan fingerprint density at radius 2 is 2.21 bits per heavy atom. The number of benzene rings is 1. The summed E-state index contributed by atoms with van der Waals surface area (Å²) in [5, 5.41) is 4.30. The molecule has 2 heterocycles. The van der Waals surface area contributed by atoms with Crippen LogP contribution in [-0.4, -0.2) is 55.3 Å². The second kappa shape index (κ2) is 7.81. The first-order chi connectivity index (χ1) is 11.7. The molecule has 1 saturated heterocycles. The summed E-state index contributed by atoms with van der Waals surface area (Å²) >= 11 is 0. The van der Waals surface area contributed by atoms with Crippen LogP contribution < -0.4 is 5.32 Å². The number of para-hydroxylation sites is 1. The Kier molecular flexibility index (Phi) is 5.53. The van der Waals surface area contributed by atoms with Gasteiger partial charge >= 0.3 is 0 Å². The molecule has 1 aromatic carbocycles. The van der Waals surface area contributed by atoms with Crippen molar-refractivity contribution in [2.75, 3.05) is 39.9 Å². The number of aryl methyl sites for hydroxylation is 1. The molecule has 0 radical (unpaired) electrons. The number of aromatic nitrogens is 1. The van der Waals surface area contributed by atoms with Crippen molar-refractivity contribution in [1.29, 1.82) is 0 Å². The van der Waals surface area contributed by atoms with Gasteiger partial charge in [0.05, 0.1) is 6.61 Å². The van der Waals surface area contributed by atoms with Crippen LogP contribution in [0.15, 0.2) is 30.3 Å². The highest BCUT2D eigenvalue weighted by Crippen LogP contribution is 2.19. The van der Waals surface area contributed by atoms with E-state index in [0.717, 1.165) is 50.4 Å². The predicted octanol–water partition coefficient (Wildman–Crippen LogP) is 2.03. The Labute approximate surface area is 143 Å². The summed E-state index contributed by atoms with van der Waals surface area (Å²) in [6.45, 7) is 7.12. The molecule has 1 fully saturated rings. The topological polar surface area (TPSA) is 46.5 Å². The molecule has 5 nitrogen and oxygen atoms in total. The minimum atomic E-state index is 0.0924. The van der Waals surface area contributed by atoms with E-state index >= 15 is 0 Å². The van der Waals surface area contributed by atoms with Crippen LogP contribution >= 0.6 is 0 Å². The summed E-state index contributed by atoms with van der Waals surface area (Å²) in [5.41, 5.74) is 2.25. The fraction of sp³-hybridized carbons (Fsp3) is 0.526. The Hall–Kier alpha value is -1.85. The highest BCUT2D eigenvalue weighted by Gasteiger charge is 2.22. The normalized spacial score (nSPS) is 18.3. The molecule has 3 rings (SSSR count). The fourth-order valence-electron chi connectivity index (χ4n) is 3.52. The molecule has 1 N–H and O–H groups in total. The number of hydrogen-bond donors (Lipinski definition) is 1. The third kappa shape index (κ3) is 3.97. The average Bonchev–Trinajstić information content (AvgIpc) is 3.16. The van der Waals surface area contributed by atoms with E-state index in [1.165, 1.54) is 5.39 Å². The molecule has 0 aliphatic carbocycles. The number of ether oxygens (including phenoxy) is 1. The van der Waals surface area contributed by atoms with Gasteiger partial charge in [-0.2, -0.15) is 0 Å². The number of likely N-dealkylation sites (tertiary alicyclic amines) is 1. The second-order valence-corrected chi connectivity index (χ2v) is 6.68.